The predicted molar refractivity (Wildman–Crippen MR) is 98.8 cm³/mol. The second kappa shape index (κ2) is 10.1. The minimum atomic E-state index is 0.442. The Labute approximate surface area is 143 Å². The molecule has 130 valence electrons. The molecule has 2 nitrogen and oxygen atoms in total. The van der Waals surface area contributed by atoms with Crippen molar-refractivity contribution in [1.29, 1.82) is 0 Å². The Morgan fingerprint density at radius 1 is 1.17 bits per heavy atom. The Hall–Kier alpha value is -0.860. The average molecular weight is 318 g/mol. The Morgan fingerprint density at radius 3 is 2.57 bits per heavy atom. The number of hydrogen-bond donors (Lipinski definition) is 1. The van der Waals surface area contributed by atoms with E-state index in [0.717, 1.165) is 25.6 Å². The van der Waals surface area contributed by atoms with Crippen molar-refractivity contribution in [3.8, 4) is 0 Å². The molecular weight excluding hydrogens is 282 g/mol. The number of hydrogen-bond acceptors (Lipinski definition) is 2. The van der Waals surface area contributed by atoms with Crippen LogP contribution in [-0.2, 0) is 11.2 Å². The molecule has 0 saturated heterocycles. The van der Waals surface area contributed by atoms with E-state index < -0.39 is 0 Å². The normalized spacial score (nSPS) is 24.7. The molecule has 1 aliphatic carbocycles. The van der Waals surface area contributed by atoms with Crippen molar-refractivity contribution in [3.63, 3.8) is 0 Å². The van der Waals surface area contributed by atoms with Gasteiger partial charge in [0.15, 0.2) is 0 Å². The van der Waals surface area contributed by atoms with Crippen LogP contribution in [0.25, 0.3) is 0 Å². The van der Waals surface area contributed by atoms with Crippen molar-refractivity contribution < 1.29 is 4.74 Å². The van der Waals surface area contributed by atoms with E-state index in [9.17, 15) is 0 Å². The number of methoxy groups -OCH3 is 1. The van der Waals surface area contributed by atoms with E-state index >= 15 is 0 Å². The standard InChI is InChI=1S/C21H35NO/c1-3-4-8-19-11-13-21(14-12-19,18-22-15-16-23-2)17-20-9-6-5-7-10-20/h5-7,9-10,19,22H,3-4,8,11-18H2,1-2H3. The van der Waals surface area contributed by atoms with Gasteiger partial charge in [-0.05, 0) is 49.0 Å². The van der Waals surface area contributed by atoms with Crippen molar-refractivity contribution in [2.45, 2.75) is 58.3 Å². The zero-order valence-corrected chi connectivity index (χ0v) is 15.2. The molecule has 0 atom stereocenters. The van der Waals surface area contributed by atoms with Gasteiger partial charge in [0.2, 0.25) is 0 Å². The summed E-state index contributed by atoms with van der Waals surface area (Å²) in [4.78, 5) is 0. The van der Waals surface area contributed by atoms with Crippen LogP contribution in [0.1, 0.15) is 57.4 Å². The maximum Gasteiger partial charge on any atom is 0.0587 e. The fourth-order valence-corrected chi connectivity index (χ4v) is 4.04. The van der Waals surface area contributed by atoms with E-state index in [2.05, 4.69) is 42.6 Å². The molecule has 1 N–H and O–H groups in total. The lowest BCUT2D eigenvalue weighted by molar-refractivity contribution is 0.131. The van der Waals surface area contributed by atoms with Crippen molar-refractivity contribution in [1.82, 2.24) is 5.32 Å². The van der Waals surface area contributed by atoms with E-state index in [1.165, 1.54) is 56.9 Å². The van der Waals surface area contributed by atoms with E-state index in [1.54, 1.807) is 7.11 Å². The number of benzene rings is 1. The van der Waals surface area contributed by atoms with Gasteiger partial charge in [-0.2, -0.15) is 0 Å². The van der Waals surface area contributed by atoms with E-state index in [0.29, 0.717) is 5.41 Å². The molecular formula is C21H35NO. The molecule has 1 aromatic rings. The van der Waals surface area contributed by atoms with Crippen LogP contribution in [0, 0.1) is 11.3 Å². The van der Waals surface area contributed by atoms with Crippen molar-refractivity contribution in [2.75, 3.05) is 26.8 Å². The summed E-state index contributed by atoms with van der Waals surface area (Å²) in [7, 11) is 1.78. The van der Waals surface area contributed by atoms with Crippen LogP contribution in [0.2, 0.25) is 0 Å². The molecule has 0 spiro atoms. The first-order valence-electron chi connectivity index (χ1n) is 9.51. The third-order valence-electron chi connectivity index (χ3n) is 5.54. The zero-order chi connectivity index (χ0) is 16.4. The molecule has 0 aromatic heterocycles. The van der Waals surface area contributed by atoms with Gasteiger partial charge in [0.05, 0.1) is 6.61 Å². The molecule has 0 amide bonds. The van der Waals surface area contributed by atoms with E-state index in [4.69, 9.17) is 4.74 Å². The topological polar surface area (TPSA) is 21.3 Å². The predicted octanol–water partition coefficient (Wildman–Crippen LogP) is 4.83. The first kappa shape index (κ1) is 18.5. The lowest BCUT2D eigenvalue weighted by Crippen LogP contribution is -2.40. The largest absolute Gasteiger partial charge is 0.383 e. The molecule has 2 rings (SSSR count). The fourth-order valence-electron chi connectivity index (χ4n) is 4.04. The maximum absolute atomic E-state index is 5.18. The van der Waals surface area contributed by atoms with Gasteiger partial charge in [-0.25, -0.2) is 0 Å². The summed E-state index contributed by atoms with van der Waals surface area (Å²) in [5.74, 6) is 0.970. The first-order valence-corrected chi connectivity index (χ1v) is 9.51. The van der Waals surface area contributed by atoms with Crippen LogP contribution in [0.4, 0.5) is 0 Å². The first-order chi connectivity index (χ1) is 11.3. The van der Waals surface area contributed by atoms with Gasteiger partial charge in [0.1, 0.15) is 0 Å². The van der Waals surface area contributed by atoms with Crippen LogP contribution >= 0.6 is 0 Å². The lowest BCUT2D eigenvalue weighted by Gasteiger charge is -2.41. The third-order valence-corrected chi connectivity index (χ3v) is 5.54. The van der Waals surface area contributed by atoms with Crippen LogP contribution in [0.5, 0.6) is 0 Å². The van der Waals surface area contributed by atoms with Gasteiger partial charge in [-0.3, -0.25) is 0 Å². The van der Waals surface area contributed by atoms with Crippen LogP contribution < -0.4 is 5.32 Å². The molecule has 0 aliphatic heterocycles. The lowest BCUT2D eigenvalue weighted by atomic mass is 9.66. The van der Waals surface area contributed by atoms with Crippen molar-refractivity contribution in [2.24, 2.45) is 11.3 Å². The summed E-state index contributed by atoms with van der Waals surface area (Å²) < 4.78 is 5.18. The van der Waals surface area contributed by atoms with Gasteiger partial charge in [-0.1, -0.05) is 56.5 Å². The van der Waals surface area contributed by atoms with Crippen molar-refractivity contribution >= 4 is 0 Å². The minimum absolute atomic E-state index is 0.442. The Bertz CT molecular complexity index is 409. The number of nitrogens with one attached hydrogen (secondary N) is 1. The summed E-state index contributed by atoms with van der Waals surface area (Å²) in [6, 6.07) is 11.1. The molecule has 0 unspecified atom stereocenters. The highest BCUT2D eigenvalue weighted by atomic mass is 16.5. The monoisotopic (exact) mass is 317 g/mol. The summed E-state index contributed by atoms with van der Waals surface area (Å²) in [5.41, 5.74) is 1.94. The summed E-state index contributed by atoms with van der Waals surface area (Å²) in [6.45, 7) is 5.21. The van der Waals surface area contributed by atoms with Gasteiger partial charge in [0.25, 0.3) is 0 Å². The van der Waals surface area contributed by atoms with Crippen LogP contribution in [-0.4, -0.2) is 26.8 Å². The summed E-state index contributed by atoms with van der Waals surface area (Å²) in [5, 5.41) is 3.65. The molecule has 0 heterocycles. The second-order valence-corrected chi connectivity index (χ2v) is 7.42. The van der Waals surface area contributed by atoms with Crippen LogP contribution in [0.3, 0.4) is 0 Å². The van der Waals surface area contributed by atoms with Gasteiger partial charge in [0, 0.05) is 20.2 Å². The fraction of sp³-hybridized carbons (Fsp3) is 0.714. The number of rotatable bonds is 10. The van der Waals surface area contributed by atoms with Gasteiger partial charge in [-0.15, -0.1) is 0 Å². The highest BCUT2D eigenvalue weighted by Crippen LogP contribution is 2.42. The Kier molecular flexibility index (Phi) is 8.11. The molecule has 1 saturated carbocycles. The highest BCUT2D eigenvalue weighted by Gasteiger charge is 2.34. The number of unbranched alkanes of at least 4 members (excludes halogenated alkanes) is 1. The van der Waals surface area contributed by atoms with Gasteiger partial charge < -0.3 is 10.1 Å². The molecule has 0 radical (unpaired) electrons. The van der Waals surface area contributed by atoms with E-state index in [1.807, 2.05) is 0 Å². The zero-order valence-electron chi connectivity index (χ0n) is 15.2. The highest BCUT2D eigenvalue weighted by molar-refractivity contribution is 5.17. The van der Waals surface area contributed by atoms with Crippen LogP contribution in [0.15, 0.2) is 30.3 Å². The summed E-state index contributed by atoms with van der Waals surface area (Å²) >= 11 is 0. The molecule has 1 fully saturated rings. The molecule has 1 aliphatic rings. The third kappa shape index (κ3) is 6.27. The SMILES string of the molecule is CCCCC1CCC(CNCCOC)(Cc2ccccc2)CC1. The average Bonchev–Trinajstić information content (AvgIpc) is 2.59. The second-order valence-electron chi connectivity index (χ2n) is 7.42. The molecule has 1 aromatic carbocycles. The molecule has 2 heteroatoms. The minimum Gasteiger partial charge on any atom is -0.383 e. The Balaban J connectivity index is 1.92. The molecule has 23 heavy (non-hydrogen) atoms. The molecule has 0 bridgehead atoms. The van der Waals surface area contributed by atoms with E-state index in [-0.39, 0.29) is 0 Å². The summed E-state index contributed by atoms with van der Waals surface area (Å²) in [6.07, 6.45) is 11.0. The van der Waals surface area contributed by atoms with Gasteiger partial charge >= 0.3 is 0 Å². The quantitative estimate of drug-likeness (QED) is 0.624. The van der Waals surface area contributed by atoms with Crippen molar-refractivity contribution in [3.05, 3.63) is 35.9 Å². The maximum atomic E-state index is 5.18. The number of ether oxygens (including phenoxy) is 1. The smallest absolute Gasteiger partial charge is 0.0587 e. The Morgan fingerprint density at radius 2 is 1.91 bits per heavy atom.